The summed E-state index contributed by atoms with van der Waals surface area (Å²) in [6.45, 7) is 5.63. The molecule has 0 fully saturated rings. The van der Waals surface area contributed by atoms with E-state index < -0.39 is 5.92 Å². The minimum absolute atomic E-state index is 0.218. The van der Waals surface area contributed by atoms with Crippen molar-refractivity contribution in [1.29, 1.82) is 0 Å². The third-order valence-corrected chi connectivity index (χ3v) is 4.99. The number of H-pyrrole nitrogens is 4. The molecule has 1 aromatic carbocycles. The van der Waals surface area contributed by atoms with Crippen LogP contribution in [0.25, 0.3) is 0 Å². The monoisotopic (exact) mass is 376 g/mol. The number of hydrogen-bond acceptors (Lipinski definition) is 2. The van der Waals surface area contributed by atoms with Gasteiger partial charge in [-0.3, -0.25) is 19.8 Å². The lowest BCUT2D eigenvalue weighted by Gasteiger charge is -2.16. The third-order valence-electron chi connectivity index (χ3n) is 4.13. The van der Waals surface area contributed by atoms with Crippen LogP contribution in [0.1, 0.15) is 39.6 Å². The van der Waals surface area contributed by atoms with E-state index in [2.05, 4.69) is 36.3 Å². The van der Waals surface area contributed by atoms with Gasteiger partial charge in [-0.15, -0.1) is 0 Å². The molecule has 2 heterocycles. The molecule has 0 radical (unpaired) electrons. The lowest BCUT2D eigenvalue weighted by atomic mass is 9.85. The van der Waals surface area contributed by atoms with Gasteiger partial charge in [-0.05, 0) is 38.0 Å². The Balaban J connectivity index is 2.33. The van der Waals surface area contributed by atoms with Crippen LogP contribution in [0.2, 0.25) is 0 Å². The van der Waals surface area contributed by atoms with Gasteiger partial charge in [-0.1, -0.05) is 28.1 Å². The molecule has 0 aliphatic carbocycles. The zero-order valence-electron chi connectivity index (χ0n) is 13.0. The molecular weight excluding hydrogens is 360 g/mol. The molecule has 0 saturated carbocycles. The largest absolute Gasteiger partial charge is 0.302 e. The number of aromatic amines is 4. The van der Waals surface area contributed by atoms with Gasteiger partial charge in [0.1, 0.15) is 0 Å². The molecule has 0 unspecified atom stereocenters. The summed E-state index contributed by atoms with van der Waals surface area (Å²) in [6, 6.07) is 5.87. The molecule has 0 aliphatic rings. The van der Waals surface area contributed by atoms with Crippen molar-refractivity contribution in [1.82, 2.24) is 20.4 Å². The predicted molar refractivity (Wildman–Crippen MR) is 92.1 cm³/mol. The zero-order valence-corrected chi connectivity index (χ0v) is 14.6. The van der Waals surface area contributed by atoms with Gasteiger partial charge >= 0.3 is 0 Å². The van der Waals surface area contributed by atoms with E-state index in [1.807, 2.05) is 39.0 Å². The lowest BCUT2D eigenvalue weighted by molar-refractivity contribution is 0.929. The summed E-state index contributed by atoms with van der Waals surface area (Å²) in [5.74, 6) is -0.447. The average molecular weight is 377 g/mol. The van der Waals surface area contributed by atoms with Crippen LogP contribution in [0.5, 0.6) is 0 Å². The van der Waals surface area contributed by atoms with Crippen LogP contribution >= 0.6 is 15.9 Å². The van der Waals surface area contributed by atoms with E-state index in [-0.39, 0.29) is 11.1 Å². The molecule has 0 bridgehead atoms. The van der Waals surface area contributed by atoms with Crippen LogP contribution in [0.4, 0.5) is 0 Å². The summed E-state index contributed by atoms with van der Waals surface area (Å²) in [6.07, 6.45) is 0. The Labute approximate surface area is 140 Å². The maximum atomic E-state index is 12.3. The number of hydrogen-bond donors (Lipinski definition) is 4. The molecule has 0 amide bonds. The average Bonchev–Trinajstić information content (AvgIpc) is 3.01. The van der Waals surface area contributed by atoms with Gasteiger partial charge in [0.2, 0.25) is 0 Å². The molecule has 0 spiro atoms. The number of aromatic nitrogens is 4. The molecule has 7 heteroatoms. The van der Waals surface area contributed by atoms with E-state index in [0.717, 1.165) is 27.0 Å². The van der Waals surface area contributed by atoms with Crippen LogP contribution in [0.3, 0.4) is 0 Å². The van der Waals surface area contributed by atoms with Crippen molar-refractivity contribution in [2.75, 3.05) is 0 Å². The molecule has 23 heavy (non-hydrogen) atoms. The van der Waals surface area contributed by atoms with Crippen molar-refractivity contribution >= 4 is 15.9 Å². The van der Waals surface area contributed by atoms with Crippen molar-refractivity contribution < 1.29 is 0 Å². The molecule has 6 nitrogen and oxygen atoms in total. The Hall–Kier alpha value is -2.28. The highest BCUT2D eigenvalue weighted by Gasteiger charge is 2.28. The topological polar surface area (TPSA) is 97.3 Å². The normalized spacial score (nSPS) is 11.3. The van der Waals surface area contributed by atoms with E-state index in [1.54, 1.807) is 0 Å². The number of benzene rings is 1. The van der Waals surface area contributed by atoms with E-state index >= 15 is 0 Å². The Morgan fingerprint density at radius 3 is 1.78 bits per heavy atom. The number of aryl methyl sites for hydroxylation is 3. The second kappa shape index (κ2) is 5.73. The molecule has 0 saturated heterocycles. The van der Waals surface area contributed by atoms with Crippen molar-refractivity contribution in [2.45, 2.75) is 26.7 Å². The van der Waals surface area contributed by atoms with Crippen molar-refractivity contribution in [2.24, 2.45) is 0 Å². The second-order valence-electron chi connectivity index (χ2n) is 5.68. The SMILES string of the molecule is Cc1ccc(C(c2c(C)[nH][nH]c2=O)c2c(C)[nH][nH]c2=O)cc1Br. The highest BCUT2D eigenvalue weighted by Crippen LogP contribution is 2.33. The Kier molecular flexibility index (Phi) is 3.89. The van der Waals surface area contributed by atoms with Crippen LogP contribution in [-0.4, -0.2) is 20.4 Å². The minimum Gasteiger partial charge on any atom is -0.302 e. The summed E-state index contributed by atoms with van der Waals surface area (Å²) in [7, 11) is 0. The van der Waals surface area contributed by atoms with Crippen molar-refractivity contribution in [3.05, 3.63) is 77.0 Å². The highest BCUT2D eigenvalue weighted by molar-refractivity contribution is 9.10. The van der Waals surface area contributed by atoms with Crippen LogP contribution in [0, 0.1) is 20.8 Å². The quantitative estimate of drug-likeness (QED) is 0.564. The number of nitrogens with one attached hydrogen (secondary N) is 4. The number of rotatable bonds is 3. The standard InChI is InChI=1S/C16H17BrN4O2/c1-7-4-5-10(6-11(7)17)14(12-8(2)18-20-15(12)22)13-9(3)19-21-16(13)23/h4-6,14H,1-3H3,(H2,18,20,22)(H2,19,21,23). The Bertz CT molecular complexity index is 922. The molecule has 120 valence electrons. The van der Waals surface area contributed by atoms with Crippen molar-refractivity contribution in [3.63, 3.8) is 0 Å². The summed E-state index contributed by atoms with van der Waals surface area (Å²) in [4.78, 5) is 24.6. The first-order valence-corrected chi connectivity index (χ1v) is 7.99. The van der Waals surface area contributed by atoms with Gasteiger partial charge in [0.05, 0.1) is 11.1 Å². The summed E-state index contributed by atoms with van der Waals surface area (Å²) in [5.41, 5.74) is 4.07. The van der Waals surface area contributed by atoms with Crippen LogP contribution in [-0.2, 0) is 0 Å². The Morgan fingerprint density at radius 2 is 1.39 bits per heavy atom. The zero-order chi connectivity index (χ0) is 16.7. The first-order valence-electron chi connectivity index (χ1n) is 7.20. The van der Waals surface area contributed by atoms with E-state index in [1.165, 1.54) is 0 Å². The first-order chi connectivity index (χ1) is 10.9. The summed E-state index contributed by atoms with van der Waals surface area (Å²) < 4.78 is 0.939. The smallest absolute Gasteiger partial charge is 0.268 e. The molecule has 3 aromatic rings. The fraction of sp³-hybridized carbons (Fsp3) is 0.250. The fourth-order valence-corrected chi connectivity index (χ4v) is 3.27. The molecule has 0 atom stereocenters. The first kappa shape index (κ1) is 15.6. The van der Waals surface area contributed by atoms with E-state index in [0.29, 0.717) is 11.1 Å². The molecule has 3 rings (SSSR count). The summed E-state index contributed by atoms with van der Waals surface area (Å²) >= 11 is 3.53. The minimum atomic E-state index is -0.447. The van der Waals surface area contributed by atoms with Crippen LogP contribution < -0.4 is 11.1 Å². The van der Waals surface area contributed by atoms with Gasteiger partial charge < -0.3 is 10.2 Å². The van der Waals surface area contributed by atoms with Gasteiger partial charge in [-0.2, -0.15) is 0 Å². The second-order valence-corrected chi connectivity index (χ2v) is 6.53. The van der Waals surface area contributed by atoms with Gasteiger partial charge in [0.15, 0.2) is 0 Å². The molecule has 0 aliphatic heterocycles. The highest BCUT2D eigenvalue weighted by atomic mass is 79.9. The van der Waals surface area contributed by atoms with Gasteiger partial charge in [0.25, 0.3) is 11.1 Å². The molecule has 4 N–H and O–H groups in total. The maximum Gasteiger partial charge on any atom is 0.268 e. The summed E-state index contributed by atoms with van der Waals surface area (Å²) in [5, 5.41) is 10.9. The third kappa shape index (κ3) is 2.61. The number of halogens is 1. The van der Waals surface area contributed by atoms with Gasteiger partial charge in [0, 0.05) is 21.8 Å². The molecular formula is C16H17BrN4O2. The van der Waals surface area contributed by atoms with Gasteiger partial charge in [-0.25, -0.2) is 0 Å². The van der Waals surface area contributed by atoms with Crippen LogP contribution in [0.15, 0.2) is 32.3 Å². The van der Waals surface area contributed by atoms with E-state index in [9.17, 15) is 9.59 Å². The van der Waals surface area contributed by atoms with Crippen molar-refractivity contribution in [3.8, 4) is 0 Å². The molecule has 2 aromatic heterocycles. The van der Waals surface area contributed by atoms with E-state index in [4.69, 9.17) is 0 Å². The lowest BCUT2D eigenvalue weighted by Crippen LogP contribution is -2.20. The maximum absolute atomic E-state index is 12.3. The predicted octanol–water partition coefficient (Wildman–Crippen LogP) is 2.59. The fourth-order valence-electron chi connectivity index (χ4n) is 2.87. The Morgan fingerprint density at radius 1 is 0.870 bits per heavy atom.